The first-order valence-corrected chi connectivity index (χ1v) is 9.99. The van der Waals surface area contributed by atoms with Crippen LogP contribution < -0.4 is 20.6 Å². The van der Waals surface area contributed by atoms with E-state index in [4.69, 9.17) is 9.47 Å². The van der Waals surface area contributed by atoms with Crippen molar-refractivity contribution in [1.29, 1.82) is 0 Å². The third kappa shape index (κ3) is 3.15. The van der Waals surface area contributed by atoms with E-state index >= 15 is 0 Å². The number of pyridine rings is 2. The Kier molecular flexibility index (Phi) is 4.39. The average Bonchev–Trinajstić information content (AvgIpc) is 2.71. The van der Waals surface area contributed by atoms with Gasteiger partial charge >= 0.3 is 0 Å². The molecule has 0 saturated heterocycles. The molecule has 2 aromatic heterocycles. The third-order valence-corrected chi connectivity index (χ3v) is 6.38. The lowest BCUT2D eigenvalue weighted by molar-refractivity contribution is 0.415. The van der Waals surface area contributed by atoms with Gasteiger partial charge in [0.2, 0.25) is 9.84 Å². The van der Waals surface area contributed by atoms with Crippen molar-refractivity contribution in [3.05, 3.63) is 69.2 Å². The number of sulfone groups is 1. The Bertz CT molecular complexity index is 1380. The van der Waals surface area contributed by atoms with Gasteiger partial charge in [-0.15, -0.1) is 0 Å². The van der Waals surface area contributed by atoms with E-state index in [9.17, 15) is 18.0 Å². The molecule has 4 rings (SSSR count). The Labute approximate surface area is 164 Å². The van der Waals surface area contributed by atoms with Gasteiger partial charge in [-0.05, 0) is 47.2 Å². The highest BCUT2D eigenvalue weighted by Crippen LogP contribution is 2.24. The highest BCUT2D eigenvalue weighted by atomic mass is 32.2. The van der Waals surface area contributed by atoms with E-state index in [0.717, 1.165) is 0 Å². The number of aromatic amines is 2. The van der Waals surface area contributed by atoms with Gasteiger partial charge in [0, 0.05) is 12.1 Å². The van der Waals surface area contributed by atoms with Crippen molar-refractivity contribution < 1.29 is 17.9 Å². The zero-order valence-electron chi connectivity index (χ0n) is 15.5. The van der Waals surface area contributed by atoms with Gasteiger partial charge in [-0.2, -0.15) is 0 Å². The van der Waals surface area contributed by atoms with Crippen molar-refractivity contribution in [3.8, 4) is 11.5 Å². The molecule has 0 atom stereocenters. The van der Waals surface area contributed by atoms with Gasteiger partial charge in [0.05, 0.1) is 25.3 Å². The van der Waals surface area contributed by atoms with E-state index in [0.29, 0.717) is 33.3 Å². The Morgan fingerprint density at radius 1 is 0.690 bits per heavy atom. The maximum Gasteiger partial charge on any atom is 0.267 e. The lowest BCUT2D eigenvalue weighted by Gasteiger charge is -2.08. The number of fused-ring (bicyclic) bond motifs is 2. The molecule has 2 N–H and O–H groups in total. The minimum atomic E-state index is -4.36. The highest BCUT2D eigenvalue weighted by Gasteiger charge is 2.26. The number of hydrogen-bond donors (Lipinski definition) is 2. The van der Waals surface area contributed by atoms with Crippen LogP contribution in [-0.2, 0) is 9.84 Å². The normalized spacial score (nSPS) is 11.7. The first-order chi connectivity index (χ1) is 13.8. The van der Waals surface area contributed by atoms with Crippen molar-refractivity contribution in [1.82, 2.24) is 9.97 Å². The molecule has 0 aliphatic heterocycles. The van der Waals surface area contributed by atoms with Gasteiger partial charge in [0.15, 0.2) is 0 Å². The van der Waals surface area contributed by atoms with Gasteiger partial charge in [-0.3, -0.25) is 9.59 Å². The smallest absolute Gasteiger partial charge is 0.267 e. The largest absolute Gasteiger partial charge is 0.497 e. The molecule has 2 aromatic carbocycles. The summed E-state index contributed by atoms with van der Waals surface area (Å²) in [4.78, 5) is 29.1. The van der Waals surface area contributed by atoms with Crippen molar-refractivity contribution in [3.63, 3.8) is 0 Å². The van der Waals surface area contributed by atoms with Crippen LogP contribution in [0.4, 0.5) is 0 Å². The summed E-state index contributed by atoms with van der Waals surface area (Å²) in [7, 11) is -1.39. The number of benzene rings is 2. The van der Waals surface area contributed by atoms with E-state index in [1.165, 1.54) is 26.4 Å². The lowest BCUT2D eigenvalue weighted by Crippen LogP contribution is -2.23. The molecule has 0 spiro atoms. The monoisotopic (exact) mass is 412 g/mol. The van der Waals surface area contributed by atoms with Crippen molar-refractivity contribution in [2.24, 2.45) is 0 Å². The fraction of sp³-hybridized carbons (Fsp3) is 0.100. The Balaban J connectivity index is 1.93. The summed E-state index contributed by atoms with van der Waals surface area (Å²) in [5.41, 5.74) is -0.791. The van der Waals surface area contributed by atoms with Crippen LogP contribution in [0, 0.1) is 0 Å². The topological polar surface area (TPSA) is 118 Å². The molecule has 0 aliphatic carbocycles. The van der Waals surface area contributed by atoms with Crippen LogP contribution in [0.25, 0.3) is 21.8 Å². The van der Waals surface area contributed by atoms with Crippen LogP contribution in [-0.4, -0.2) is 32.6 Å². The van der Waals surface area contributed by atoms with Crippen LogP contribution in [0.1, 0.15) is 0 Å². The van der Waals surface area contributed by atoms with Gasteiger partial charge in [0.1, 0.15) is 21.3 Å². The molecule has 0 bridgehead atoms. The summed E-state index contributed by atoms with van der Waals surface area (Å²) in [5, 5.41) is 0.983. The van der Waals surface area contributed by atoms with Crippen LogP contribution >= 0.6 is 0 Å². The van der Waals surface area contributed by atoms with Crippen LogP contribution in [0.3, 0.4) is 0 Å². The molecule has 0 aliphatic rings. The zero-order chi connectivity index (χ0) is 20.8. The minimum Gasteiger partial charge on any atom is -0.497 e. The van der Waals surface area contributed by atoms with E-state index in [2.05, 4.69) is 9.97 Å². The average molecular weight is 412 g/mol. The quantitative estimate of drug-likeness (QED) is 0.531. The zero-order valence-corrected chi connectivity index (χ0v) is 16.3. The molecule has 148 valence electrons. The van der Waals surface area contributed by atoms with Gasteiger partial charge < -0.3 is 19.4 Å². The van der Waals surface area contributed by atoms with E-state index in [1.54, 1.807) is 36.4 Å². The number of rotatable bonds is 4. The minimum absolute atomic E-state index is 0.424. The van der Waals surface area contributed by atoms with Crippen molar-refractivity contribution >= 4 is 31.6 Å². The maximum atomic E-state index is 13.1. The molecule has 4 aromatic rings. The summed E-state index contributed by atoms with van der Waals surface area (Å²) in [5.74, 6) is 1.04. The van der Waals surface area contributed by atoms with Crippen LogP contribution in [0.2, 0.25) is 0 Å². The molecule has 0 radical (unpaired) electrons. The van der Waals surface area contributed by atoms with Gasteiger partial charge in [0.25, 0.3) is 11.1 Å². The van der Waals surface area contributed by atoms with E-state index < -0.39 is 30.7 Å². The molecule has 8 nitrogen and oxygen atoms in total. The summed E-state index contributed by atoms with van der Waals surface area (Å²) >= 11 is 0. The Morgan fingerprint density at radius 3 is 1.48 bits per heavy atom. The molecular weight excluding hydrogens is 396 g/mol. The summed E-state index contributed by atoms with van der Waals surface area (Å²) in [6.45, 7) is 0. The molecule has 2 heterocycles. The van der Waals surface area contributed by atoms with Crippen LogP contribution in [0.15, 0.2) is 67.9 Å². The highest BCUT2D eigenvalue weighted by molar-refractivity contribution is 7.91. The van der Waals surface area contributed by atoms with Gasteiger partial charge in [-0.25, -0.2) is 8.42 Å². The second-order valence-electron chi connectivity index (χ2n) is 6.34. The molecule has 0 fully saturated rings. The standard InChI is InChI=1S/C20H16N2O6S/c1-27-13-5-3-11-7-17(19(23)21-15(11)9-13)29(25,26)18-8-12-4-6-14(28-2)10-16(12)22-20(18)24/h3-10H,1-2H3,(H,21,23)(H,22,24). The summed E-state index contributed by atoms with van der Waals surface area (Å²) in [6.07, 6.45) is 0. The summed E-state index contributed by atoms with van der Waals surface area (Å²) < 4.78 is 36.5. The Hall–Kier alpha value is -3.59. The number of H-pyrrole nitrogens is 2. The number of hydrogen-bond acceptors (Lipinski definition) is 6. The first kappa shape index (κ1) is 18.8. The Morgan fingerprint density at radius 2 is 1.10 bits per heavy atom. The van der Waals surface area contributed by atoms with Gasteiger partial charge in [-0.1, -0.05) is 0 Å². The third-order valence-electron chi connectivity index (χ3n) is 4.62. The van der Waals surface area contributed by atoms with E-state index in [1.807, 2.05) is 0 Å². The van der Waals surface area contributed by atoms with E-state index in [-0.39, 0.29) is 0 Å². The number of ether oxygens (including phenoxy) is 2. The maximum absolute atomic E-state index is 13.1. The fourth-order valence-electron chi connectivity index (χ4n) is 3.09. The molecule has 0 saturated carbocycles. The predicted octanol–water partition coefficient (Wildman–Crippen LogP) is 2.22. The second-order valence-corrected chi connectivity index (χ2v) is 8.22. The molecule has 0 amide bonds. The summed E-state index contributed by atoms with van der Waals surface area (Å²) in [6, 6.07) is 12.2. The lowest BCUT2D eigenvalue weighted by atomic mass is 10.2. The molecule has 0 unspecified atom stereocenters. The molecular formula is C20H16N2O6S. The number of nitrogens with one attached hydrogen (secondary N) is 2. The second kappa shape index (κ2) is 6.78. The number of aromatic nitrogens is 2. The predicted molar refractivity (Wildman–Crippen MR) is 108 cm³/mol. The SMILES string of the molecule is COc1ccc2cc(S(=O)(=O)c3cc4ccc(OC)cc4[nH]c3=O)c(=O)[nH]c2c1. The van der Waals surface area contributed by atoms with Crippen molar-refractivity contribution in [2.45, 2.75) is 9.79 Å². The molecule has 9 heteroatoms. The first-order valence-electron chi connectivity index (χ1n) is 8.51. The fourth-order valence-corrected chi connectivity index (χ4v) is 4.48. The molecule has 29 heavy (non-hydrogen) atoms. The van der Waals surface area contributed by atoms with Crippen molar-refractivity contribution in [2.75, 3.05) is 14.2 Å². The number of methoxy groups -OCH3 is 2. The van der Waals surface area contributed by atoms with Crippen LogP contribution in [0.5, 0.6) is 11.5 Å².